The first-order valence-corrected chi connectivity index (χ1v) is 9.84. The average molecular weight is 432 g/mol. The summed E-state index contributed by atoms with van der Waals surface area (Å²) in [6.45, 7) is 3.26. The summed E-state index contributed by atoms with van der Waals surface area (Å²) in [6, 6.07) is 9.39. The van der Waals surface area contributed by atoms with Crippen molar-refractivity contribution in [3.05, 3.63) is 65.0 Å². The van der Waals surface area contributed by atoms with Crippen LogP contribution >= 0.6 is 11.3 Å². The molecule has 0 saturated carbocycles. The highest BCUT2D eigenvalue weighted by Crippen LogP contribution is 2.27. The maximum Gasteiger partial charge on any atom is 0.338 e. The van der Waals surface area contributed by atoms with Crippen LogP contribution in [0.1, 0.15) is 24.2 Å². The second-order valence-corrected chi connectivity index (χ2v) is 7.34. The number of hydrogen-bond acceptors (Lipinski definition) is 6. The molecule has 3 rings (SSSR count). The van der Waals surface area contributed by atoms with E-state index in [9.17, 15) is 18.4 Å². The highest BCUT2D eigenvalue weighted by Gasteiger charge is 2.14. The highest BCUT2D eigenvalue weighted by molar-refractivity contribution is 7.14. The molecular weight excluding hydrogens is 414 g/mol. The molecule has 0 spiro atoms. The Morgan fingerprint density at radius 1 is 1.13 bits per heavy atom. The monoisotopic (exact) mass is 432 g/mol. The first-order chi connectivity index (χ1) is 14.3. The summed E-state index contributed by atoms with van der Waals surface area (Å²) < 4.78 is 37.6. The molecule has 0 atom stereocenters. The third-order valence-corrected chi connectivity index (χ3v) is 4.51. The van der Waals surface area contributed by atoms with E-state index in [1.807, 2.05) is 13.8 Å². The highest BCUT2D eigenvalue weighted by atomic mass is 32.1. The topological polar surface area (TPSA) is 77.5 Å². The number of carbonyl (C=O) groups is 2. The average Bonchev–Trinajstić information content (AvgIpc) is 3.16. The van der Waals surface area contributed by atoms with Gasteiger partial charge in [-0.1, -0.05) is 0 Å². The number of amides is 1. The van der Waals surface area contributed by atoms with Gasteiger partial charge in [0.25, 0.3) is 5.91 Å². The number of ether oxygens (including phenoxy) is 2. The van der Waals surface area contributed by atoms with Crippen molar-refractivity contribution in [2.45, 2.75) is 20.0 Å². The molecule has 156 valence electrons. The Hall–Kier alpha value is -3.33. The van der Waals surface area contributed by atoms with Crippen molar-refractivity contribution < 1.29 is 27.8 Å². The molecular formula is C21H18F2N2O4S. The molecule has 0 unspecified atom stereocenters. The van der Waals surface area contributed by atoms with Crippen molar-refractivity contribution >= 4 is 28.3 Å². The van der Waals surface area contributed by atoms with Crippen molar-refractivity contribution in [3.8, 4) is 17.0 Å². The number of aromatic nitrogens is 1. The second-order valence-electron chi connectivity index (χ2n) is 6.48. The van der Waals surface area contributed by atoms with Crippen LogP contribution in [0, 0.1) is 11.6 Å². The van der Waals surface area contributed by atoms with E-state index in [0.717, 1.165) is 29.5 Å². The lowest BCUT2D eigenvalue weighted by Crippen LogP contribution is -2.20. The van der Waals surface area contributed by atoms with Crippen LogP contribution < -0.4 is 10.1 Å². The second kappa shape index (κ2) is 9.45. The summed E-state index contributed by atoms with van der Waals surface area (Å²) >= 11 is 1.04. The predicted molar refractivity (Wildman–Crippen MR) is 109 cm³/mol. The van der Waals surface area contributed by atoms with E-state index in [1.165, 1.54) is 5.38 Å². The van der Waals surface area contributed by atoms with Gasteiger partial charge in [-0.3, -0.25) is 10.1 Å². The molecule has 0 aliphatic heterocycles. The van der Waals surface area contributed by atoms with E-state index in [4.69, 9.17) is 9.47 Å². The van der Waals surface area contributed by atoms with Gasteiger partial charge in [0, 0.05) is 10.9 Å². The predicted octanol–water partition coefficient (Wildman–Crippen LogP) is 4.67. The standard InChI is InChI=1S/C21H18F2N2O4S/c1-12(2)29-15-6-3-13(4-7-15)20(27)28-10-19(26)25-21-24-18(11-30-21)16-9-14(22)5-8-17(16)23/h3-9,11-12H,10H2,1-2H3,(H,24,25,26). The summed E-state index contributed by atoms with van der Waals surface area (Å²) in [5.41, 5.74) is 0.452. The van der Waals surface area contributed by atoms with Crippen molar-refractivity contribution in [1.82, 2.24) is 4.98 Å². The van der Waals surface area contributed by atoms with E-state index in [2.05, 4.69) is 10.3 Å². The number of rotatable bonds is 7. The van der Waals surface area contributed by atoms with Gasteiger partial charge >= 0.3 is 5.97 Å². The summed E-state index contributed by atoms with van der Waals surface area (Å²) in [5, 5.41) is 4.12. The summed E-state index contributed by atoms with van der Waals surface area (Å²) in [6.07, 6.45) is 0.00952. The molecule has 3 aromatic rings. The van der Waals surface area contributed by atoms with E-state index < -0.39 is 30.1 Å². The molecule has 0 fully saturated rings. The van der Waals surface area contributed by atoms with Crippen LogP contribution in [-0.4, -0.2) is 29.6 Å². The van der Waals surface area contributed by atoms with Gasteiger partial charge in [-0.25, -0.2) is 18.6 Å². The number of hydrogen-bond donors (Lipinski definition) is 1. The molecule has 0 bridgehead atoms. The maximum atomic E-state index is 13.8. The minimum atomic E-state index is -0.664. The molecule has 2 aromatic carbocycles. The van der Waals surface area contributed by atoms with Crippen molar-refractivity contribution in [2.75, 3.05) is 11.9 Å². The Bertz CT molecular complexity index is 1050. The summed E-state index contributed by atoms with van der Waals surface area (Å²) in [7, 11) is 0. The minimum absolute atomic E-state index is 0.00952. The van der Waals surface area contributed by atoms with E-state index in [0.29, 0.717) is 5.75 Å². The molecule has 0 saturated heterocycles. The number of nitrogens with one attached hydrogen (secondary N) is 1. The fraction of sp³-hybridized carbons (Fsp3) is 0.190. The van der Waals surface area contributed by atoms with E-state index in [1.54, 1.807) is 24.3 Å². The molecule has 0 aliphatic rings. The lowest BCUT2D eigenvalue weighted by molar-refractivity contribution is -0.119. The first-order valence-electron chi connectivity index (χ1n) is 8.96. The van der Waals surface area contributed by atoms with Gasteiger partial charge in [-0.2, -0.15) is 0 Å². The van der Waals surface area contributed by atoms with Crippen molar-refractivity contribution in [1.29, 1.82) is 0 Å². The number of esters is 1. The Kier molecular flexibility index (Phi) is 6.73. The van der Waals surface area contributed by atoms with E-state index in [-0.39, 0.29) is 28.1 Å². The van der Waals surface area contributed by atoms with Crippen LogP contribution in [0.2, 0.25) is 0 Å². The Morgan fingerprint density at radius 3 is 2.57 bits per heavy atom. The number of nitrogens with zero attached hydrogens (tertiary/aromatic N) is 1. The van der Waals surface area contributed by atoms with Gasteiger partial charge in [-0.05, 0) is 56.3 Å². The van der Waals surface area contributed by atoms with Crippen LogP contribution in [0.5, 0.6) is 5.75 Å². The minimum Gasteiger partial charge on any atom is -0.491 e. The van der Waals surface area contributed by atoms with Gasteiger partial charge in [-0.15, -0.1) is 11.3 Å². The van der Waals surface area contributed by atoms with Gasteiger partial charge in [0.1, 0.15) is 17.4 Å². The largest absolute Gasteiger partial charge is 0.491 e. The smallest absolute Gasteiger partial charge is 0.338 e. The Balaban J connectivity index is 1.54. The quantitative estimate of drug-likeness (QED) is 0.549. The molecule has 1 aromatic heterocycles. The summed E-state index contributed by atoms with van der Waals surface area (Å²) in [5.74, 6) is -1.88. The molecule has 6 nitrogen and oxygen atoms in total. The third kappa shape index (κ3) is 5.60. The van der Waals surface area contributed by atoms with Crippen LogP contribution in [0.25, 0.3) is 11.3 Å². The zero-order valence-electron chi connectivity index (χ0n) is 16.1. The summed E-state index contributed by atoms with van der Waals surface area (Å²) in [4.78, 5) is 28.1. The fourth-order valence-corrected chi connectivity index (χ4v) is 3.19. The zero-order chi connectivity index (χ0) is 21.7. The van der Waals surface area contributed by atoms with Crippen LogP contribution in [-0.2, 0) is 9.53 Å². The molecule has 9 heteroatoms. The van der Waals surface area contributed by atoms with Gasteiger partial charge in [0.05, 0.1) is 17.4 Å². The van der Waals surface area contributed by atoms with Crippen molar-refractivity contribution in [2.24, 2.45) is 0 Å². The molecule has 0 radical (unpaired) electrons. The number of halogens is 2. The Morgan fingerprint density at radius 2 is 1.87 bits per heavy atom. The van der Waals surface area contributed by atoms with E-state index >= 15 is 0 Å². The van der Waals surface area contributed by atoms with Crippen LogP contribution in [0.4, 0.5) is 13.9 Å². The molecule has 1 heterocycles. The molecule has 30 heavy (non-hydrogen) atoms. The van der Waals surface area contributed by atoms with Crippen LogP contribution in [0.3, 0.4) is 0 Å². The van der Waals surface area contributed by atoms with Gasteiger partial charge in [0.2, 0.25) is 0 Å². The maximum absolute atomic E-state index is 13.8. The number of thiazole rings is 1. The lowest BCUT2D eigenvalue weighted by atomic mass is 10.1. The normalized spacial score (nSPS) is 10.7. The van der Waals surface area contributed by atoms with Crippen LogP contribution in [0.15, 0.2) is 47.8 Å². The first kappa shape index (κ1) is 21.4. The number of anilines is 1. The SMILES string of the molecule is CC(C)Oc1ccc(C(=O)OCC(=O)Nc2nc(-c3cc(F)ccc3F)cs2)cc1. The molecule has 1 N–H and O–H groups in total. The Labute approximate surface area is 175 Å². The number of carbonyl (C=O) groups excluding carboxylic acids is 2. The fourth-order valence-electron chi connectivity index (χ4n) is 2.46. The van der Waals surface area contributed by atoms with Gasteiger partial charge in [0.15, 0.2) is 11.7 Å². The molecule has 0 aliphatic carbocycles. The number of benzene rings is 2. The lowest BCUT2D eigenvalue weighted by Gasteiger charge is -2.10. The van der Waals surface area contributed by atoms with Crippen molar-refractivity contribution in [3.63, 3.8) is 0 Å². The third-order valence-electron chi connectivity index (χ3n) is 3.75. The molecule has 1 amide bonds. The zero-order valence-corrected chi connectivity index (χ0v) is 17.0. The van der Waals surface area contributed by atoms with Gasteiger partial charge < -0.3 is 9.47 Å².